The van der Waals surface area contributed by atoms with E-state index in [9.17, 15) is 12.8 Å². The molecular formula is C21H20FNO2S. The van der Waals surface area contributed by atoms with Crippen molar-refractivity contribution < 1.29 is 12.8 Å². The highest BCUT2D eigenvalue weighted by molar-refractivity contribution is 7.90. The van der Waals surface area contributed by atoms with Crippen LogP contribution in [0.2, 0.25) is 0 Å². The molecule has 134 valence electrons. The highest BCUT2D eigenvalue weighted by Crippen LogP contribution is 2.41. The van der Waals surface area contributed by atoms with Crippen molar-refractivity contribution in [2.45, 2.75) is 31.2 Å². The Balaban J connectivity index is 1.93. The standard InChI is InChI=1S/C21H20FNO2S/c1-14-19-4-3-13-23(19)21(20(14)15-5-9-17(22)10-6-15)16-7-11-18(12-8-16)26(2,24)25/h5-12H,3-4,13H2,1-2H3. The second-order valence-corrected chi connectivity index (χ2v) is 8.87. The molecule has 0 atom stereocenters. The lowest BCUT2D eigenvalue weighted by Gasteiger charge is -2.11. The lowest BCUT2D eigenvalue weighted by atomic mass is 9.96. The van der Waals surface area contributed by atoms with E-state index in [4.69, 9.17) is 0 Å². The smallest absolute Gasteiger partial charge is 0.175 e. The van der Waals surface area contributed by atoms with Gasteiger partial charge in [-0.05, 0) is 60.7 Å². The van der Waals surface area contributed by atoms with E-state index in [1.165, 1.54) is 29.6 Å². The molecule has 3 nitrogen and oxygen atoms in total. The summed E-state index contributed by atoms with van der Waals surface area (Å²) in [4.78, 5) is 0.314. The van der Waals surface area contributed by atoms with E-state index in [2.05, 4.69) is 11.5 Å². The maximum absolute atomic E-state index is 13.4. The molecule has 1 aliphatic rings. The van der Waals surface area contributed by atoms with Crippen LogP contribution in [-0.2, 0) is 22.8 Å². The molecule has 1 aliphatic heterocycles. The van der Waals surface area contributed by atoms with Crippen LogP contribution in [0.1, 0.15) is 17.7 Å². The third kappa shape index (κ3) is 2.76. The average molecular weight is 369 g/mol. The van der Waals surface area contributed by atoms with Crippen LogP contribution in [-0.4, -0.2) is 19.2 Å². The minimum Gasteiger partial charge on any atom is -0.344 e. The molecule has 3 aromatic rings. The molecule has 0 fully saturated rings. The average Bonchev–Trinajstić information content (AvgIpc) is 3.17. The summed E-state index contributed by atoms with van der Waals surface area (Å²) < 4.78 is 39.2. The number of aromatic nitrogens is 1. The van der Waals surface area contributed by atoms with Gasteiger partial charge in [-0.3, -0.25) is 0 Å². The molecule has 2 aromatic carbocycles. The molecular weight excluding hydrogens is 349 g/mol. The van der Waals surface area contributed by atoms with Crippen LogP contribution >= 0.6 is 0 Å². The Morgan fingerprint density at radius 2 is 1.58 bits per heavy atom. The largest absolute Gasteiger partial charge is 0.344 e. The van der Waals surface area contributed by atoms with Gasteiger partial charge < -0.3 is 4.57 Å². The maximum atomic E-state index is 13.4. The van der Waals surface area contributed by atoms with Gasteiger partial charge in [-0.1, -0.05) is 24.3 Å². The van der Waals surface area contributed by atoms with E-state index in [0.29, 0.717) is 4.90 Å². The van der Waals surface area contributed by atoms with Gasteiger partial charge in [0.05, 0.1) is 10.6 Å². The number of hydrogen-bond donors (Lipinski definition) is 0. The Morgan fingerprint density at radius 1 is 0.962 bits per heavy atom. The van der Waals surface area contributed by atoms with Crippen LogP contribution in [0.4, 0.5) is 4.39 Å². The van der Waals surface area contributed by atoms with E-state index in [1.54, 1.807) is 12.1 Å². The van der Waals surface area contributed by atoms with Crippen molar-refractivity contribution in [2.75, 3.05) is 6.26 Å². The van der Waals surface area contributed by atoms with Crippen LogP contribution in [0.5, 0.6) is 0 Å². The number of nitrogens with zero attached hydrogens (tertiary/aromatic N) is 1. The Kier molecular flexibility index (Phi) is 3.99. The van der Waals surface area contributed by atoms with Gasteiger partial charge in [0.2, 0.25) is 0 Å². The molecule has 0 bridgehead atoms. The van der Waals surface area contributed by atoms with E-state index < -0.39 is 9.84 Å². The molecule has 0 amide bonds. The van der Waals surface area contributed by atoms with Crippen molar-refractivity contribution in [2.24, 2.45) is 0 Å². The molecule has 1 aromatic heterocycles. The summed E-state index contributed by atoms with van der Waals surface area (Å²) in [5.41, 5.74) is 6.68. The predicted molar refractivity (Wildman–Crippen MR) is 101 cm³/mol. The van der Waals surface area contributed by atoms with Gasteiger partial charge in [0.15, 0.2) is 9.84 Å². The number of rotatable bonds is 3. The van der Waals surface area contributed by atoms with Crippen LogP contribution in [0.3, 0.4) is 0 Å². The van der Waals surface area contributed by atoms with Crippen molar-refractivity contribution in [3.05, 3.63) is 65.6 Å². The van der Waals surface area contributed by atoms with Gasteiger partial charge in [-0.25, -0.2) is 12.8 Å². The molecule has 26 heavy (non-hydrogen) atoms. The zero-order valence-corrected chi connectivity index (χ0v) is 15.6. The summed E-state index contributed by atoms with van der Waals surface area (Å²) in [6, 6.07) is 13.6. The fourth-order valence-electron chi connectivity index (χ4n) is 3.90. The van der Waals surface area contributed by atoms with Crippen molar-refractivity contribution in [1.29, 1.82) is 0 Å². The number of hydrogen-bond acceptors (Lipinski definition) is 2. The monoisotopic (exact) mass is 369 g/mol. The van der Waals surface area contributed by atoms with Crippen molar-refractivity contribution >= 4 is 9.84 Å². The van der Waals surface area contributed by atoms with E-state index in [0.717, 1.165) is 41.8 Å². The Morgan fingerprint density at radius 3 is 2.19 bits per heavy atom. The highest BCUT2D eigenvalue weighted by atomic mass is 32.2. The fraction of sp³-hybridized carbons (Fsp3) is 0.238. The van der Waals surface area contributed by atoms with Crippen molar-refractivity contribution in [1.82, 2.24) is 4.57 Å². The van der Waals surface area contributed by atoms with Crippen LogP contribution < -0.4 is 0 Å². The second-order valence-electron chi connectivity index (χ2n) is 6.85. The SMILES string of the molecule is Cc1c(-c2ccc(F)cc2)c(-c2ccc(S(C)(=O)=O)cc2)n2c1CCC2. The van der Waals surface area contributed by atoms with Gasteiger partial charge >= 0.3 is 0 Å². The predicted octanol–water partition coefficient (Wildman–Crippen LogP) is 4.62. The molecule has 0 radical (unpaired) electrons. The Bertz CT molecular complexity index is 1080. The summed E-state index contributed by atoms with van der Waals surface area (Å²) in [6.07, 6.45) is 3.35. The summed E-state index contributed by atoms with van der Waals surface area (Å²) in [7, 11) is -3.22. The number of halogens is 1. The lowest BCUT2D eigenvalue weighted by Crippen LogP contribution is -1.99. The maximum Gasteiger partial charge on any atom is 0.175 e. The zero-order chi connectivity index (χ0) is 18.5. The van der Waals surface area contributed by atoms with Gasteiger partial charge in [-0.2, -0.15) is 0 Å². The lowest BCUT2D eigenvalue weighted by molar-refractivity contribution is 0.602. The molecule has 5 heteroatoms. The third-order valence-corrected chi connectivity index (χ3v) is 6.25. The van der Waals surface area contributed by atoms with Gasteiger partial charge in [0.1, 0.15) is 5.82 Å². The molecule has 0 aliphatic carbocycles. The summed E-state index contributed by atoms with van der Waals surface area (Å²) in [5.74, 6) is -0.253. The van der Waals surface area contributed by atoms with Gasteiger partial charge in [0.25, 0.3) is 0 Å². The topological polar surface area (TPSA) is 39.1 Å². The Labute approximate surface area is 153 Å². The number of fused-ring (bicyclic) bond motifs is 1. The third-order valence-electron chi connectivity index (χ3n) is 5.12. The first kappa shape index (κ1) is 17.0. The molecule has 2 heterocycles. The van der Waals surface area contributed by atoms with Crippen LogP contribution in [0.15, 0.2) is 53.4 Å². The van der Waals surface area contributed by atoms with Crippen LogP contribution in [0.25, 0.3) is 22.4 Å². The van der Waals surface area contributed by atoms with Gasteiger partial charge in [0, 0.05) is 24.1 Å². The first-order valence-electron chi connectivity index (χ1n) is 8.64. The number of benzene rings is 2. The molecule has 4 rings (SSSR count). The molecule has 0 spiro atoms. The summed E-state index contributed by atoms with van der Waals surface area (Å²) in [5, 5.41) is 0. The second kappa shape index (κ2) is 6.09. The zero-order valence-electron chi connectivity index (χ0n) is 14.8. The van der Waals surface area contributed by atoms with Crippen molar-refractivity contribution in [3.63, 3.8) is 0 Å². The first-order valence-corrected chi connectivity index (χ1v) is 10.5. The molecule has 0 unspecified atom stereocenters. The first-order chi connectivity index (χ1) is 12.4. The Hall–Kier alpha value is -2.40. The summed E-state index contributed by atoms with van der Waals surface area (Å²) >= 11 is 0. The normalized spacial score (nSPS) is 13.8. The minimum absolute atomic E-state index is 0.253. The molecule has 0 saturated heterocycles. The van der Waals surface area contributed by atoms with Crippen LogP contribution in [0, 0.1) is 12.7 Å². The van der Waals surface area contributed by atoms with E-state index in [-0.39, 0.29) is 5.82 Å². The summed E-state index contributed by atoms with van der Waals surface area (Å²) in [6.45, 7) is 3.06. The molecule has 0 N–H and O–H groups in total. The minimum atomic E-state index is -3.22. The fourth-order valence-corrected chi connectivity index (χ4v) is 4.53. The number of sulfone groups is 1. The van der Waals surface area contributed by atoms with E-state index >= 15 is 0 Å². The van der Waals surface area contributed by atoms with E-state index in [1.807, 2.05) is 24.3 Å². The quantitative estimate of drug-likeness (QED) is 0.676. The molecule has 0 saturated carbocycles. The van der Waals surface area contributed by atoms with Gasteiger partial charge in [-0.15, -0.1) is 0 Å². The van der Waals surface area contributed by atoms with Crippen molar-refractivity contribution in [3.8, 4) is 22.4 Å². The highest BCUT2D eigenvalue weighted by Gasteiger charge is 2.25.